The fourth-order valence-electron chi connectivity index (χ4n) is 3.66. The van der Waals surface area contributed by atoms with Gasteiger partial charge < -0.3 is 15.5 Å². The maximum absolute atomic E-state index is 12.7. The molecule has 2 aliphatic heterocycles. The molecule has 0 bridgehead atoms. The first-order valence-electron chi connectivity index (χ1n) is 8.60. The minimum atomic E-state index is -0.503. The highest BCUT2D eigenvalue weighted by Gasteiger charge is 2.32. The lowest BCUT2D eigenvalue weighted by molar-refractivity contribution is -0.132. The average molecular weight is 394 g/mol. The summed E-state index contributed by atoms with van der Waals surface area (Å²) < 4.78 is 0.924. The molecule has 0 aliphatic carbocycles. The van der Waals surface area contributed by atoms with Crippen molar-refractivity contribution in [3.05, 3.63) is 34.3 Å². The molecule has 0 aromatic heterocycles. The third-order valence-corrected chi connectivity index (χ3v) is 5.68. The highest BCUT2D eigenvalue weighted by molar-refractivity contribution is 9.10. The summed E-state index contributed by atoms with van der Waals surface area (Å²) in [5.41, 5.74) is 0.564. The minimum Gasteiger partial charge on any atom is -0.341 e. The first-order chi connectivity index (χ1) is 11.5. The Morgan fingerprint density at radius 2 is 1.75 bits per heavy atom. The van der Waals surface area contributed by atoms with E-state index in [4.69, 9.17) is 0 Å². The number of hydrogen-bond acceptors (Lipinski definition) is 3. The van der Waals surface area contributed by atoms with Gasteiger partial charge in [0, 0.05) is 23.1 Å². The number of fused-ring (bicyclic) bond motifs is 1. The zero-order chi connectivity index (χ0) is 17.1. The van der Waals surface area contributed by atoms with E-state index in [1.54, 1.807) is 19.1 Å². The van der Waals surface area contributed by atoms with Crippen LogP contribution in [0.2, 0.25) is 0 Å². The van der Waals surface area contributed by atoms with Gasteiger partial charge in [-0.15, -0.1) is 0 Å². The molecular weight excluding hydrogens is 370 g/mol. The van der Waals surface area contributed by atoms with Crippen LogP contribution in [-0.4, -0.2) is 48.9 Å². The number of carbonyl (C=O) groups excluding carboxylic acids is 2. The van der Waals surface area contributed by atoms with E-state index < -0.39 is 6.04 Å². The highest BCUT2D eigenvalue weighted by atomic mass is 79.9. The van der Waals surface area contributed by atoms with Crippen molar-refractivity contribution in [1.82, 2.24) is 15.5 Å². The van der Waals surface area contributed by atoms with Crippen LogP contribution in [-0.2, 0) is 4.79 Å². The summed E-state index contributed by atoms with van der Waals surface area (Å²) in [4.78, 5) is 26.9. The van der Waals surface area contributed by atoms with Crippen molar-refractivity contribution < 1.29 is 9.59 Å². The molecule has 2 saturated heterocycles. The average Bonchev–Trinajstić information content (AvgIpc) is 2.93. The van der Waals surface area contributed by atoms with Crippen LogP contribution in [0.5, 0.6) is 0 Å². The number of halogens is 1. The lowest BCUT2D eigenvalue weighted by Gasteiger charge is -2.25. The molecule has 3 rings (SSSR count). The quantitative estimate of drug-likeness (QED) is 0.825. The number of rotatable bonds is 3. The second-order valence-corrected chi connectivity index (χ2v) is 7.70. The van der Waals surface area contributed by atoms with Gasteiger partial charge in [0.1, 0.15) is 6.04 Å². The van der Waals surface area contributed by atoms with E-state index in [0.29, 0.717) is 17.4 Å². The first kappa shape index (κ1) is 17.4. The number of carbonyl (C=O) groups is 2. The summed E-state index contributed by atoms with van der Waals surface area (Å²) in [6, 6.07) is 6.64. The molecule has 2 fully saturated rings. The van der Waals surface area contributed by atoms with E-state index in [2.05, 4.69) is 26.6 Å². The monoisotopic (exact) mass is 393 g/mol. The van der Waals surface area contributed by atoms with E-state index in [1.165, 1.54) is 0 Å². The Hall–Kier alpha value is -1.40. The second kappa shape index (κ2) is 7.66. The summed E-state index contributed by atoms with van der Waals surface area (Å²) in [6.45, 7) is 5.50. The second-order valence-electron chi connectivity index (χ2n) is 6.78. The molecule has 6 heteroatoms. The lowest BCUT2D eigenvalue weighted by atomic mass is 9.92. The number of amides is 2. The molecular formula is C18H24BrN3O2. The molecule has 130 valence electrons. The number of benzene rings is 1. The smallest absolute Gasteiger partial charge is 0.251 e. The van der Waals surface area contributed by atoms with E-state index in [9.17, 15) is 9.59 Å². The SMILES string of the molecule is CC(NC(=O)c1ccc(Br)cc1)C(=O)N1CC[C@@H]2CNC[C@@H]2CC1. The Morgan fingerprint density at radius 3 is 2.33 bits per heavy atom. The van der Waals surface area contributed by atoms with Crippen LogP contribution >= 0.6 is 15.9 Å². The van der Waals surface area contributed by atoms with Crippen molar-refractivity contribution in [1.29, 1.82) is 0 Å². The Labute approximate surface area is 151 Å². The normalized spacial score (nSPS) is 24.8. The number of nitrogens with one attached hydrogen (secondary N) is 2. The predicted molar refractivity (Wildman–Crippen MR) is 96.7 cm³/mol. The van der Waals surface area contributed by atoms with Crippen LogP contribution in [0.3, 0.4) is 0 Å². The standard InChI is InChI=1S/C18H24BrN3O2/c1-12(21-17(23)13-2-4-16(19)5-3-13)18(24)22-8-6-14-10-20-11-15(14)7-9-22/h2-5,12,14-15,20H,6-11H2,1H3,(H,21,23)/t12?,14-,15+. The van der Waals surface area contributed by atoms with Gasteiger partial charge in [-0.25, -0.2) is 0 Å². The largest absolute Gasteiger partial charge is 0.341 e. The summed E-state index contributed by atoms with van der Waals surface area (Å²) in [5, 5.41) is 6.27. The molecule has 24 heavy (non-hydrogen) atoms. The van der Waals surface area contributed by atoms with Gasteiger partial charge in [-0.1, -0.05) is 15.9 Å². The molecule has 0 radical (unpaired) electrons. The molecule has 2 aliphatic rings. The molecule has 0 saturated carbocycles. The third-order valence-electron chi connectivity index (χ3n) is 5.16. The van der Waals surface area contributed by atoms with Crippen LogP contribution in [0.1, 0.15) is 30.1 Å². The van der Waals surface area contributed by atoms with Crippen molar-refractivity contribution in [2.24, 2.45) is 11.8 Å². The van der Waals surface area contributed by atoms with Crippen molar-refractivity contribution in [3.8, 4) is 0 Å². The fourth-order valence-corrected chi connectivity index (χ4v) is 3.92. The van der Waals surface area contributed by atoms with Gasteiger partial charge in [-0.2, -0.15) is 0 Å². The van der Waals surface area contributed by atoms with Crippen LogP contribution in [0.25, 0.3) is 0 Å². The summed E-state index contributed by atoms with van der Waals surface area (Å²) in [6.07, 6.45) is 2.10. The molecule has 1 aromatic carbocycles. The fraction of sp³-hybridized carbons (Fsp3) is 0.556. The van der Waals surface area contributed by atoms with E-state index in [0.717, 1.165) is 43.5 Å². The third kappa shape index (κ3) is 3.98. The van der Waals surface area contributed by atoms with Crippen LogP contribution < -0.4 is 10.6 Å². The topological polar surface area (TPSA) is 61.4 Å². The van der Waals surface area contributed by atoms with Crippen LogP contribution in [0.4, 0.5) is 0 Å². The molecule has 5 nitrogen and oxygen atoms in total. The lowest BCUT2D eigenvalue weighted by Crippen LogP contribution is -2.47. The van der Waals surface area contributed by atoms with Crippen molar-refractivity contribution in [3.63, 3.8) is 0 Å². The number of hydrogen-bond donors (Lipinski definition) is 2. The van der Waals surface area contributed by atoms with Crippen LogP contribution in [0, 0.1) is 11.8 Å². The molecule has 2 heterocycles. The number of nitrogens with zero attached hydrogens (tertiary/aromatic N) is 1. The van der Waals surface area contributed by atoms with Gasteiger partial charge in [0.2, 0.25) is 5.91 Å². The first-order valence-corrected chi connectivity index (χ1v) is 9.40. The Morgan fingerprint density at radius 1 is 1.17 bits per heavy atom. The molecule has 2 amide bonds. The Bertz CT molecular complexity index is 591. The van der Waals surface area contributed by atoms with Gasteiger partial charge in [0.25, 0.3) is 5.91 Å². The van der Waals surface area contributed by atoms with Crippen molar-refractivity contribution in [2.75, 3.05) is 26.2 Å². The zero-order valence-corrected chi connectivity index (χ0v) is 15.5. The molecule has 2 N–H and O–H groups in total. The summed E-state index contributed by atoms with van der Waals surface area (Å²) in [7, 11) is 0. The molecule has 3 atom stereocenters. The van der Waals surface area contributed by atoms with Gasteiger partial charge in [-0.3, -0.25) is 9.59 Å². The molecule has 0 spiro atoms. The summed E-state index contributed by atoms with van der Waals surface area (Å²) in [5.74, 6) is 1.19. The van der Waals surface area contributed by atoms with E-state index in [-0.39, 0.29) is 11.8 Å². The van der Waals surface area contributed by atoms with Gasteiger partial charge in [0.15, 0.2) is 0 Å². The zero-order valence-electron chi connectivity index (χ0n) is 13.9. The Balaban J connectivity index is 1.56. The van der Waals surface area contributed by atoms with Gasteiger partial charge >= 0.3 is 0 Å². The van der Waals surface area contributed by atoms with E-state index in [1.807, 2.05) is 17.0 Å². The predicted octanol–water partition coefficient (Wildman–Crippen LogP) is 2.03. The van der Waals surface area contributed by atoms with Gasteiger partial charge in [0.05, 0.1) is 0 Å². The highest BCUT2D eigenvalue weighted by Crippen LogP contribution is 2.27. The van der Waals surface area contributed by atoms with Crippen LogP contribution in [0.15, 0.2) is 28.7 Å². The summed E-state index contributed by atoms with van der Waals surface area (Å²) >= 11 is 3.35. The van der Waals surface area contributed by atoms with E-state index >= 15 is 0 Å². The Kier molecular flexibility index (Phi) is 5.56. The van der Waals surface area contributed by atoms with Crippen molar-refractivity contribution in [2.45, 2.75) is 25.8 Å². The van der Waals surface area contributed by atoms with Crippen molar-refractivity contribution >= 4 is 27.7 Å². The minimum absolute atomic E-state index is 0.0217. The molecule has 1 unspecified atom stereocenters. The number of likely N-dealkylation sites (tertiary alicyclic amines) is 1. The maximum atomic E-state index is 12.7. The van der Waals surface area contributed by atoms with Gasteiger partial charge in [-0.05, 0) is 69.0 Å². The maximum Gasteiger partial charge on any atom is 0.251 e. The molecule has 1 aromatic rings.